The summed E-state index contributed by atoms with van der Waals surface area (Å²) < 4.78 is 0. The first kappa shape index (κ1) is 16.6. The van der Waals surface area contributed by atoms with Gasteiger partial charge in [0.1, 0.15) is 0 Å². The summed E-state index contributed by atoms with van der Waals surface area (Å²) >= 11 is 0. The SMILES string of the molecule is CC12CCC(O)CC1=CCC1C2CCC2(C)C1CCCC2(O)C#N. The van der Waals surface area contributed by atoms with Gasteiger partial charge in [-0.3, -0.25) is 0 Å². The van der Waals surface area contributed by atoms with Gasteiger partial charge in [0.2, 0.25) is 0 Å². The molecule has 24 heavy (non-hydrogen) atoms. The third-order valence-electron chi connectivity index (χ3n) is 8.65. The molecule has 2 N–H and O–H groups in total. The van der Waals surface area contributed by atoms with Crippen molar-refractivity contribution in [3.05, 3.63) is 11.6 Å². The highest BCUT2D eigenvalue weighted by atomic mass is 16.3. The van der Waals surface area contributed by atoms with Crippen molar-refractivity contribution in [1.82, 2.24) is 0 Å². The molecule has 4 aliphatic carbocycles. The second-order valence-corrected chi connectivity index (χ2v) is 9.48. The Kier molecular flexibility index (Phi) is 3.68. The van der Waals surface area contributed by atoms with Crippen LogP contribution in [0.1, 0.15) is 71.6 Å². The van der Waals surface area contributed by atoms with Crippen molar-refractivity contribution >= 4 is 0 Å². The van der Waals surface area contributed by atoms with Crippen molar-refractivity contribution in [2.75, 3.05) is 0 Å². The van der Waals surface area contributed by atoms with Crippen LogP contribution in [-0.4, -0.2) is 21.9 Å². The summed E-state index contributed by atoms with van der Waals surface area (Å²) in [6.45, 7) is 4.60. The summed E-state index contributed by atoms with van der Waals surface area (Å²) in [5.41, 5.74) is 0.314. The minimum Gasteiger partial charge on any atom is -0.393 e. The fourth-order valence-corrected chi connectivity index (χ4v) is 7.05. The molecule has 4 rings (SSSR count). The molecule has 3 nitrogen and oxygen atoms in total. The lowest BCUT2D eigenvalue weighted by Gasteiger charge is -2.62. The van der Waals surface area contributed by atoms with E-state index in [1.165, 1.54) is 5.57 Å². The first-order valence-corrected chi connectivity index (χ1v) is 9.85. The molecule has 0 amide bonds. The van der Waals surface area contributed by atoms with Gasteiger partial charge in [0.15, 0.2) is 5.60 Å². The Hall–Kier alpha value is -0.850. The van der Waals surface area contributed by atoms with E-state index in [0.29, 0.717) is 24.2 Å². The van der Waals surface area contributed by atoms with Gasteiger partial charge in [-0.15, -0.1) is 0 Å². The number of nitriles is 1. The molecule has 0 aliphatic heterocycles. The molecule has 132 valence electrons. The molecule has 0 aromatic carbocycles. The quantitative estimate of drug-likeness (QED) is 0.522. The Morgan fingerprint density at radius 2 is 1.92 bits per heavy atom. The van der Waals surface area contributed by atoms with E-state index in [0.717, 1.165) is 51.4 Å². The van der Waals surface area contributed by atoms with Crippen molar-refractivity contribution in [2.24, 2.45) is 28.6 Å². The van der Waals surface area contributed by atoms with Gasteiger partial charge in [-0.25, -0.2) is 0 Å². The highest BCUT2D eigenvalue weighted by Gasteiger charge is 2.62. The average molecular weight is 329 g/mol. The molecular weight excluding hydrogens is 298 g/mol. The first-order valence-electron chi connectivity index (χ1n) is 9.85. The lowest BCUT2D eigenvalue weighted by atomic mass is 9.43. The van der Waals surface area contributed by atoms with Crippen LogP contribution in [0.5, 0.6) is 0 Å². The molecule has 0 aromatic rings. The lowest BCUT2D eigenvalue weighted by molar-refractivity contribution is -0.160. The third kappa shape index (κ3) is 2.02. The normalized spacial score (nSPS) is 53.9. The van der Waals surface area contributed by atoms with Gasteiger partial charge in [-0.05, 0) is 81.0 Å². The van der Waals surface area contributed by atoms with E-state index in [9.17, 15) is 15.5 Å². The third-order valence-corrected chi connectivity index (χ3v) is 8.65. The summed E-state index contributed by atoms with van der Waals surface area (Å²) in [6.07, 6.45) is 11.0. The van der Waals surface area contributed by atoms with Crippen LogP contribution in [0, 0.1) is 39.9 Å². The van der Waals surface area contributed by atoms with E-state index >= 15 is 0 Å². The smallest absolute Gasteiger partial charge is 0.156 e. The van der Waals surface area contributed by atoms with Gasteiger partial charge in [0.25, 0.3) is 0 Å². The average Bonchev–Trinajstić information content (AvgIpc) is 2.56. The van der Waals surface area contributed by atoms with E-state index in [2.05, 4.69) is 26.0 Å². The lowest BCUT2D eigenvalue weighted by Crippen LogP contribution is -2.60. The number of allylic oxidation sites excluding steroid dienone is 1. The molecule has 0 bridgehead atoms. The maximum atomic E-state index is 11.0. The Morgan fingerprint density at radius 1 is 1.12 bits per heavy atom. The standard InChI is InChI=1S/C21H31NO2/c1-19-10-7-15(23)12-14(19)5-6-16-17(19)8-11-20(2)18(16)4-3-9-21(20,24)13-22/h5,15-18,23-24H,3-4,6-12H2,1-2H3. The van der Waals surface area contributed by atoms with Crippen molar-refractivity contribution < 1.29 is 10.2 Å². The zero-order valence-electron chi connectivity index (χ0n) is 15.1. The van der Waals surface area contributed by atoms with Gasteiger partial charge in [0.05, 0.1) is 12.2 Å². The molecule has 7 unspecified atom stereocenters. The molecule has 0 spiro atoms. The summed E-state index contributed by atoms with van der Waals surface area (Å²) in [4.78, 5) is 0. The Labute approximate surface area is 145 Å². The van der Waals surface area contributed by atoms with Gasteiger partial charge in [-0.1, -0.05) is 25.5 Å². The summed E-state index contributed by atoms with van der Waals surface area (Å²) in [5.74, 6) is 1.70. The van der Waals surface area contributed by atoms with Crippen LogP contribution in [0.4, 0.5) is 0 Å². The van der Waals surface area contributed by atoms with Gasteiger partial charge in [0, 0.05) is 5.41 Å². The van der Waals surface area contributed by atoms with E-state index in [1.807, 2.05) is 0 Å². The molecule has 0 saturated heterocycles. The fraction of sp³-hybridized carbons (Fsp3) is 0.857. The number of nitrogens with zero attached hydrogens (tertiary/aromatic N) is 1. The van der Waals surface area contributed by atoms with Crippen molar-refractivity contribution in [1.29, 1.82) is 5.26 Å². The largest absolute Gasteiger partial charge is 0.393 e. The minimum absolute atomic E-state index is 0.159. The topological polar surface area (TPSA) is 64.2 Å². The van der Waals surface area contributed by atoms with Gasteiger partial charge in [-0.2, -0.15) is 5.26 Å². The molecule has 0 radical (unpaired) electrons. The molecule has 0 heterocycles. The van der Waals surface area contributed by atoms with E-state index in [1.54, 1.807) is 0 Å². The van der Waals surface area contributed by atoms with E-state index in [-0.39, 0.29) is 16.9 Å². The van der Waals surface area contributed by atoms with Crippen molar-refractivity contribution in [3.8, 4) is 6.07 Å². The number of aliphatic hydroxyl groups excluding tert-OH is 1. The minimum atomic E-state index is -1.14. The fourth-order valence-electron chi connectivity index (χ4n) is 7.05. The highest BCUT2D eigenvalue weighted by Crippen LogP contribution is 2.65. The maximum Gasteiger partial charge on any atom is 0.156 e. The molecule has 0 aromatic heterocycles. The van der Waals surface area contributed by atoms with Crippen LogP contribution < -0.4 is 0 Å². The van der Waals surface area contributed by atoms with Crippen LogP contribution in [-0.2, 0) is 0 Å². The number of rotatable bonds is 0. The van der Waals surface area contributed by atoms with E-state index in [4.69, 9.17) is 0 Å². The predicted molar refractivity (Wildman–Crippen MR) is 92.9 cm³/mol. The molecular formula is C21H31NO2. The monoisotopic (exact) mass is 329 g/mol. The Balaban J connectivity index is 1.70. The molecule has 3 fully saturated rings. The number of aliphatic hydroxyl groups is 2. The van der Waals surface area contributed by atoms with Crippen LogP contribution in [0.3, 0.4) is 0 Å². The van der Waals surface area contributed by atoms with E-state index < -0.39 is 5.60 Å². The highest BCUT2D eigenvalue weighted by molar-refractivity contribution is 5.27. The van der Waals surface area contributed by atoms with Gasteiger partial charge < -0.3 is 10.2 Å². The first-order chi connectivity index (χ1) is 11.3. The summed E-state index contributed by atoms with van der Waals surface area (Å²) in [7, 11) is 0. The zero-order valence-corrected chi connectivity index (χ0v) is 15.1. The Bertz CT molecular complexity index is 607. The van der Waals surface area contributed by atoms with Gasteiger partial charge >= 0.3 is 0 Å². The van der Waals surface area contributed by atoms with Crippen LogP contribution in [0.2, 0.25) is 0 Å². The molecule has 4 aliphatic rings. The number of hydrogen-bond acceptors (Lipinski definition) is 3. The maximum absolute atomic E-state index is 11.0. The summed E-state index contributed by atoms with van der Waals surface area (Å²) in [6, 6.07) is 2.29. The molecule has 3 heteroatoms. The van der Waals surface area contributed by atoms with Crippen LogP contribution >= 0.6 is 0 Å². The second kappa shape index (κ2) is 5.32. The van der Waals surface area contributed by atoms with Crippen molar-refractivity contribution in [3.63, 3.8) is 0 Å². The predicted octanol–water partition coefficient (Wildman–Crippen LogP) is 3.95. The number of hydrogen-bond donors (Lipinski definition) is 2. The van der Waals surface area contributed by atoms with Crippen LogP contribution in [0.15, 0.2) is 11.6 Å². The summed E-state index contributed by atoms with van der Waals surface area (Å²) in [5, 5.41) is 30.8. The second-order valence-electron chi connectivity index (χ2n) is 9.48. The molecule has 3 saturated carbocycles. The zero-order chi connectivity index (χ0) is 17.2. The number of fused-ring (bicyclic) bond motifs is 5. The Morgan fingerprint density at radius 3 is 2.67 bits per heavy atom. The van der Waals surface area contributed by atoms with Crippen LogP contribution in [0.25, 0.3) is 0 Å². The van der Waals surface area contributed by atoms with Crippen molar-refractivity contribution in [2.45, 2.75) is 83.3 Å². The molecule has 7 atom stereocenters.